The molecule has 92 valence electrons. The second-order valence-corrected chi connectivity index (χ2v) is 4.82. The summed E-state index contributed by atoms with van der Waals surface area (Å²) in [4.78, 5) is 13.3. The number of rotatable bonds is 3. The zero-order chi connectivity index (χ0) is 12.3. The van der Waals surface area contributed by atoms with E-state index in [0.717, 1.165) is 49.0 Å². The van der Waals surface area contributed by atoms with Crippen LogP contribution < -0.4 is 4.90 Å². The van der Waals surface area contributed by atoms with Crippen molar-refractivity contribution in [3.63, 3.8) is 0 Å². The van der Waals surface area contributed by atoms with Crippen molar-refractivity contribution in [3.8, 4) is 0 Å². The molecule has 1 fully saturated rings. The summed E-state index contributed by atoms with van der Waals surface area (Å²) in [6.07, 6.45) is 3.08. The summed E-state index contributed by atoms with van der Waals surface area (Å²) < 4.78 is 0. The van der Waals surface area contributed by atoms with Crippen LogP contribution in [0.3, 0.4) is 0 Å². The molecule has 0 radical (unpaired) electrons. The number of benzene rings is 1. The van der Waals surface area contributed by atoms with Gasteiger partial charge in [0.25, 0.3) is 0 Å². The Morgan fingerprint density at radius 1 is 1.53 bits per heavy atom. The molecule has 1 atom stereocenters. The summed E-state index contributed by atoms with van der Waals surface area (Å²) in [5.41, 5.74) is 2.86. The van der Waals surface area contributed by atoms with Gasteiger partial charge in [-0.25, -0.2) is 0 Å². The quantitative estimate of drug-likeness (QED) is 0.812. The molecule has 1 aromatic carbocycles. The van der Waals surface area contributed by atoms with Crippen LogP contribution in [0.1, 0.15) is 28.8 Å². The number of aldehydes is 1. The van der Waals surface area contributed by atoms with Crippen LogP contribution in [0, 0.1) is 12.8 Å². The van der Waals surface area contributed by atoms with Crippen molar-refractivity contribution in [1.29, 1.82) is 0 Å². The molecule has 0 saturated carbocycles. The van der Waals surface area contributed by atoms with Crippen LogP contribution in [-0.2, 0) is 0 Å². The molecule has 1 aliphatic rings. The van der Waals surface area contributed by atoms with Crippen molar-refractivity contribution in [2.24, 2.45) is 5.92 Å². The molecule has 1 heterocycles. The maximum atomic E-state index is 11.1. The molecule has 2 rings (SSSR count). The van der Waals surface area contributed by atoms with E-state index >= 15 is 0 Å². The molecule has 1 unspecified atom stereocenters. The molecule has 1 aromatic rings. The van der Waals surface area contributed by atoms with Crippen LogP contribution in [0.5, 0.6) is 0 Å². The predicted octanol–water partition coefficient (Wildman–Crippen LogP) is 2.02. The Bertz CT molecular complexity index is 403. The number of aliphatic hydroxyl groups is 1. The molecule has 17 heavy (non-hydrogen) atoms. The van der Waals surface area contributed by atoms with E-state index in [2.05, 4.69) is 4.90 Å². The lowest BCUT2D eigenvalue weighted by molar-refractivity contribution is 0.112. The Balaban J connectivity index is 2.23. The molecule has 0 aliphatic carbocycles. The maximum Gasteiger partial charge on any atom is 0.152 e. The van der Waals surface area contributed by atoms with Gasteiger partial charge >= 0.3 is 0 Å². The van der Waals surface area contributed by atoms with Gasteiger partial charge in [-0.3, -0.25) is 4.79 Å². The van der Waals surface area contributed by atoms with E-state index in [4.69, 9.17) is 0 Å². The van der Waals surface area contributed by atoms with E-state index in [1.807, 2.05) is 25.1 Å². The van der Waals surface area contributed by atoms with E-state index in [1.165, 1.54) is 0 Å². The number of aliphatic hydroxyl groups excluding tert-OH is 1. The van der Waals surface area contributed by atoms with E-state index < -0.39 is 0 Å². The molecule has 0 bridgehead atoms. The zero-order valence-electron chi connectivity index (χ0n) is 10.2. The van der Waals surface area contributed by atoms with E-state index in [9.17, 15) is 9.90 Å². The van der Waals surface area contributed by atoms with Crippen LogP contribution in [0.2, 0.25) is 0 Å². The van der Waals surface area contributed by atoms with Gasteiger partial charge in [-0.1, -0.05) is 11.6 Å². The third kappa shape index (κ3) is 2.67. The molecule has 3 heteroatoms. The van der Waals surface area contributed by atoms with Crippen molar-refractivity contribution in [3.05, 3.63) is 29.3 Å². The molecule has 1 aliphatic heterocycles. The average Bonchev–Trinajstić information content (AvgIpc) is 2.38. The van der Waals surface area contributed by atoms with Gasteiger partial charge in [-0.15, -0.1) is 0 Å². The van der Waals surface area contributed by atoms with Crippen LogP contribution in [0.25, 0.3) is 0 Å². The first-order valence-corrected chi connectivity index (χ1v) is 6.16. The molecule has 1 N–H and O–H groups in total. The number of hydrogen-bond acceptors (Lipinski definition) is 3. The van der Waals surface area contributed by atoms with Gasteiger partial charge in [-0.05, 0) is 37.8 Å². The van der Waals surface area contributed by atoms with Crippen LogP contribution in [-0.4, -0.2) is 31.1 Å². The molecule has 0 spiro atoms. The Labute approximate surface area is 102 Å². The number of carbonyl (C=O) groups excluding carboxylic acids is 1. The highest BCUT2D eigenvalue weighted by molar-refractivity contribution is 5.85. The topological polar surface area (TPSA) is 40.5 Å². The fourth-order valence-electron chi connectivity index (χ4n) is 2.49. The average molecular weight is 233 g/mol. The second kappa shape index (κ2) is 5.32. The Kier molecular flexibility index (Phi) is 3.79. The van der Waals surface area contributed by atoms with Gasteiger partial charge in [0.2, 0.25) is 0 Å². The highest BCUT2D eigenvalue weighted by atomic mass is 16.3. The number of hydrogen-bond donors (Lipinski definition) is 1. The fraction of sp³-hybridized carbons (Fsp3) is 0.500. The fourth-order valence-corrected chi connectivity index (χ4v) is 2.49. The Morgan fingerprint density at radius 3 is 3.06 bits per heavy atom. The lowest BCUT2D eigenvalue weighted by Crippen LogP contribution is -2.37. The summed E-state index contributed by atoms with van der Waals surface area (Å²) in [5, 5.41) is 9.23. The number of aryl methyl sites for hydroxylation is 1. The number of nitrogens with zero attached hydrogens (tertiary/aromatic N) is 1. The third-order valence-electron chi connectivity index (χ3n) is 3.43. The van der Waals surface area contributed by atoms with E-state index in [1.54, 1.807) is 0 Å². The third-order valence-corrected chi connectivity index (χ3v) is 3.43. The smallest absolute Gasteiger partial charge is 0.152 e. The number of anilines is 1. The van der Waals surface area contributed by atoms with Crippen molar-refractivity contribution >= 4 is 12.0 Å². The lowest BCUT2D eigenvalue weighted by Gasteiger charge is -2.34. The van der Waals surface area contributed by atoms with Gasteiger partial charge in [0.15, 0.2) is 6.29 Å². The van der Waals surface area contributed by atoms with Crippen molar-refractivity contribution in [2.45, 2.75) is 19.8 Å². The van der Waals surface area contributed by atoms with Gasteiger partial charge < -0.3 is 10.0 Å². The largest absolute Gasteiger partial charge is 0.396 e. The summed E-state index contributed by atoms with van der Waals surface area (Å²) in [6.45, 7) is 4.04. The van der Waals surface area contributed by atoms with Gasteiger partial charge in [0.1, 0.15) is 0 Å². The minimum Gasteiger partial charge on any atom is -0.396 e. The zero-order valence-corrected chi connectivity index (χ0v) is 10.2. The molecule has 3 nitrogen and oxygen atoms in total. The van der Waals surface area contributed by atoms with E-state index in [-0.39, 0.29) is 6.61 Å². The Morgan fingerprint density at radius 2 is 2.35 bits per heavy atom. The highest BCUT2D eigenvalue weighted by Crippen LogP contribution is 2.26. The highest BCUT2D eigenvalue weighted by Gasteiger charge is 2.20. The monoisotopic (exact) mass is 233 g/mol. The molecular weight excluding hydrogens is 214 g/mol. The summed E-state index contributed by atoms with van der Waals surface area (Å²) in [5.74, 6) is 0.338. The summed E-state index contributed by atoms with van der Waals surface area (Å²) in [6, 6.07) is 5.97. The normalized spacial score (nSPS) is 20.4. The SMILES string of the molecule is Cc1ccc(N2CCCC(CO)C2)c(C=O)c1. The van der Waals surface area contributed by atoms with E-state index in [0.29, 0.717) is 5.92 Å². The minimum atomic E-state index is 0.235. The second-order valence-electron chi connectivity index (χ2n) is 4.82. The molecule has 0 amide bonds. The van der Waals surface area contributed by atoms with Gasteiger partial charge in [0.05, 0.1) is 0 Å². The number of piperidine rings is 1. The number of carbonyl (C=O) groups is 1. The first kappa shape index (κ1) is 12.1. The van der Waals surface area contributed by atoms with Crippen molar-refractivity contribution < 1.29 is 9.90 Å². The minimum absolute atomic E-state index is 0.235. The first-order valence-electron chi connectivity index (χ1n) is 6.16. The predicted molar refractivity (Wildman–Crippen MR) is 68.6 cm³/mol. The standard InChI is InChI=1S/C14H19NO2/c1-11-4-5-14(13(7-11)10-17)15-6-2-3-12(8-15)9-16/h4-5,7,10,12,16H,2-3,6,8-9H2,1H3. The first-order chi connectivity index (χ1) is 8.24. The maximum absolute atomic E-state index is 11.1. The molecule has 0 aromatic heterocycles. The van der Waals surface area contributed by atoms with Crippen molar-refractivity contribution in [1.82, 2.24) is 0 Å². The molecule has 1 saturated heterocycles. The molecular formula is C14H19NO2. The van der Waals surface area contributed by atoms with Crippen LogP contribution >= 0.6 is 0 Å². The Hall–Kier alpha value is -1.35. The van der Waals surface area contributed by atoms with Gasteiger partial charge in [0, 0.05) is 30.9 Å². The van der Waals surface area contributed by atoms with Crippen LogP contribution in [0.4, 0.5) is 5.69 Å². The summed E-state index contributed by atoms with van der Waals surface area (Å²) in [7, 11) is 0. The van der Waals surface area contributed by atoms with Gasteiger partial charge in [-0.2, -0.15) is 0 Å². The van der Waals surface area contributed by atoms with Crippen LogP contribution in [0.15, 0.2) is 18.2 Å². The lowest BCUT2D eigenvalue weighted by atomic mass is 9.97. The summed E-state index contributed by atoms with van der Waals surface area (Å²) >= 11 is 0. The van der Waals surface area contributed by atoms with Crippen molar-refractivity contribution in [2.75, 3.05) is 24.6 Å².